The lowest BCUT2D eigenvalue weighted by Gasteiger charge is -2.29. The molecule has 1 N–H and O–H groups in total. The first-order chi connectivity index (χ1) is 13.2. The van der Waals surface area contributed by atoms with Gasteiger partial charge in [0, 0.05) is 24.0 Å². The van der Waals surface area contributed by atoms with E-state index in [1.807, 2.05) is 17.5 Å². The summed E-state index contributed by atoms with van der Waals surface area (Å²) in [5, 5.41) is 2.05. The van der Waals surface area contributed by atoms with Gasteiger partial charge in [-0.1, -0.05) is 48.5 Å². The average molecular weight is 373 g/mol. The Kier molecular flexibility index (Phi) is 3.83. The van der Waals surface area contributed by atoms with Crippen LogP contribution in [0, 0.1) is 6.92 Å². The summed E-state index contributed by atoms with van der Waals surface area (Å²) in [5.74, 6) is 0.662. The molecule has 4 aromatic rings. The lowest BCUT2D eigenvalue weighted by Crippen LogP contribution is -2.33. The van der Waals surface area contributed by atoms with E-state index in [1.165, 1.54) is 28.0 Å². The minimum absolute atomic E-state index is 0.0568. The molecule has 0 spiro atoms. The summed E-state index contributed by atoms with van der Waals surface area (Å²) >= 11 is 1.46. The summed E-state index contributed by atoms with van der Waals surface area (Å²) in [6.45, 7) is 3.72. The van der Waals surface area contributed by atoms with Gasteiger partial charge in [-0.15, -0.1) is 11.3 Å². The van der Waals surface area contributed by atoms with Crippen LogP contribution in [0.15, 0.2) is 58.7 Å². The molecule has 0 amide bonds. The number of H-pyrrole nitrogens is 1. The molecule has 0 fully saturated rings. The summed E-state index contributed by atoms with van der Waals surface area (Å²) in [6.07, 6.45) is 0.964. The van der Waals surface area contributed by atoms with Gasteiger partial charge in [0.15, 0.2) is 0 Å². The van der Waals surface area contributed by atoms with Crippen LogP contribution in [0.3, 0.4) is 0 Å². The lowest BCUT2D eigenvalue weighted by molar-refractivity contribution is 0.708. The molecular formula is C22H19N3OS. The third-order valence-corrected chi connectivity index (χ3v) is 6.25. The molecule has 2 aromatic heterocycles. The van der Waals surface area contributed by atoms with Crippen LogP contribution in [0.5, 0.6) is 0 Å². The number of hydrogen-bond donors (Lipinski definition) is 1. The van der Waals surface area contributed by atoms with Crippen molar-refractivity contribution in [2.24, 2.45) is 0 Å². The first-order valence-corrected chi connectivity index (χ1v) is 9.98. The molecule has 0 unspecified atom stereocenters. The number of anilines is 1. The first-order valence-electron chi connectivity index (χ1n) is 9.10. The fourth-order valence-electron chi connectivity index (χ4n) is 3.81. The molecule has 0 atom stereocenters. The standard InChI is InChI=1S/C22H19N3OS/c1-14-6-2-5-9-17(14)18-13-27-20-19(18)23-22(24-21(20)26)25-11-10-15-7-3-4-8-16(15)12-25/h2-9,13H,10-12H2,1H3,(H,23,24,26). The van der Waals surface area contributed by atoms with Crippen LogP contribution in [-0.4, -0.2) is 16.5 Å². The lowest BCUT2D eigenvalue weighted by atomic mass is 10.0. The second-order valence-electron chi connectivity index (χ2n) is 6.97. The largest absolute Gasteiger partial charge is 0.338 e. The zero-order valence-corrected chi connectivity index (χ0v) is 15.8. The maximum absolute atomic E-state index is 12.7. The average Bonchev–Trinajstić information content (AvgIpc) is 3.12. The maximum atomic E-state index is 12.7. The Hall–Kier alpha value is -2.92. The van der Waals surface area contributed by atoms with E-state index < -0.39 is 0 Å². The van der Waals surface area contributed by atoms with Crippen LogP contribution in [0.4, 0.5) is 5.95 Å². The molecule has 0 bridgehead atoms. The highest BCUT2D eigenvalue weighted by molar-refractivity contribution is 7.17. The minimum atomic E-state index is -0.0568. The molecule has 0 radical (unpaired) electrons. The SMILES string of the molecule is Cc1ccccc1-c1csc2c(=O)[nH]c(N3CCc4ccccc4C3)nc12. The van der Waals surface area contributed by atoms with Crippen molar-refractivity contribution in [3.05, 3.63) is 81.0 Å². The monoisotopic (exact) mass is 373 g/mol. The molecule has 0 saturated heterocycles. The van der Waals surface area contributed by atoms with Gasteiger partial charge < -0.3 is 4.90 Å². The molecule has 5 heteroatoms. The van der Waals surface area contributed by atoms with Crippen molar-refractivity contribution in [1.29, 1.82) is 0 Å². The van der Waals surface area contributed by atoms with Gasteiger partial charge in [-0.05, 0) is 35.6 Å². The summed E-state index contributed by atoms with van der Waals surface area (Å²) in [7, 11) is 0. The number of aryl methyl sites for hydroxylation is 1. The van der Waals surface area contributed by atoms with E-state index in [0.717, 1.165) is 36.2 Å². The fraction of sp³-hybridized carbons (Fsp3) is 0.182. The Labute approximate surface area is 161 Å². The number of nitrogens with zero attached hydrogens (tertiary/aromatic N) is 2. The summed E-state index contributed by atoms with van der Waals surface area (Å²) in [5.41, 5.74) is 6.79. The smallest absolute Gasteiger partial charge is 0.270 e. The van der Waals surface area contributed by atoms with Gasteiger partial charge >= 0.3 is 0 Å². The molecular weight excluding hydrogens is 354 g/mol. The molecule has 0 saturated carbocycles. The van der Waals surface area contributed by atoms with Gasteiger partial charge in [0.25, 0.3) is 5.56 Å². The zero-order chi connectivity index (χ0) is 18.4. The van der Waals surface area contributed by atoms with Crippen molar-refractivity contribution in [1.82, 2.24) is 9.97 Å². The topological polar surface area (TPSA) is 49.0 Å². The molecule has 134 valence electrons. The minimum Gasteiger partial charge on any atom is -0.338 e. The van der Waals surface area contributed by atoms with E-state index in [2.05, 4.69) is 53.2 Å². The Morgan fingerprint density at radius 1 is 1.04 bits per heavy atom. The molecule has 2 aromatic carbocycles. The van der Waals surface area contributed by atoms with Crippen LogP contribution >= 0.6 is 11.3 Å². The van der Waals surface area contributed by atoms with E-state index >= 15 is 0 Å². The highest BCUT2D eigenvalue weighted by atomic mass is 32.1. The predicted octanol–water partition coefficient (Wildman–Crippen LogP) is 4.52. The second kappa shape index (κ2) is 6.35. The van der Waals surface area contributed by atoms with Crippen LogP contribution in [0.1, 0.15) is 16.7 Å². The predicted molar refractivity (Wildman–Crippen MR) is 112 cm³/mol. The van der Waals surface area contributed by atoms with Crippen molar-refractivity contribution in [3.8, 4) is 11.1 Å². The third kappa shape index (κ3) is 2.75. The number of hydrogen-bond acceptors (Lipinski definition) is 4. The van der Waals surface area contributed by atoms with Crippen molar-refractivity contribution in [2.75, 3.05) is 11.4 Å². The first kappa shape index (κ1) is 16.3. The van der Waals surface area contributed by atoms with Gasteiger partial charge in [-0.2, -0.15) is 0 Å². The summed E-state index contributed by atoms with van der Waals surface area (Å²) in [6, 6.07) is 16.7. The van der Waals surface area contributed by atoms with Gasteiger partial charge in [0.05, 0.1) is 5.52 Å². The van der Waals surface area contributed by atoms with Crippen molar-refractivity contribution in [3.63, 3.8) is 0 Å². The van der Waals surface area contributed by atoms with Gasteiger partial charge in [0.1, 0.15) is 4.70 Å². The Bertz CT molecular complexity index is 1210. The van der Waals surface area contributed by atoms with Gasteiger partial charge in [-0.3, -0.25) is 9.78 Å². The highest BCUT2D eigenvalue weighted by Gasteiger charge is 2.20. The van der Waals surface area contributed by atoms with E-state index in [1.54, 1.807) is 0 Å². The number of thiophene rings is 1. The van der Waals surface area contributed by atoms with Crippen molar-refractivity contribution < 1.29 is 0 Å². The maximum Gasteiger partial charge on any atom is 0.270 e. The van der Waals surface area contributed by atoms with Crippen LogP contribution in [0.25, 0.3) is 21.3 Å². The van der Waals surface area contributed by atoms with E-state index in [9.17, 15) is 4.79 Å². The number of nitrogens with one attached hydrogen (secondary N) is 1. The summed E-state index contributed by atoms with van der Waals surface area (Å²) in [4.78, 5) is 22.8. The van der Waals surface area contributed by atoms with Gasteiger partial charge in [0.2, 0.25) is 5.95 Å². The molecule has 5 rings (SSSR count). The number of aromatic amines is 1. The number of rotatable bonds is 2. The molecule has 3 heterocycles. The molecule has 0 aliphatic carbocycles. The number of aromatic nitrogens is 2. The second-order valence-corrected chi connectivity index (χ2v) is 7.85. The third-order valence-electron chi connectivity index (χ3n) is 5.28. The summed E-state index contributed by atoms with van der Waals surface area (Å²) < 4.78 is 0.689. The molecule has 4 nitrogen and oxygen atoms in total. The van der Waals surface area contributed by atoms with Crippen LogP contribution < -0.4 is 10.5 Å². The molecule has 1 aliphatic rings. The van der Waals surface area contributed by atoms with E-state index in [-0.39, 0.29) is 5.56 Å². The molecule has 27 heavy (non-hydrogen) atoms. The quantitative estimate of drug-likeness (QED) is 0.562. The Morgan fingerprint density at radius 3 is 2.67 bits per heavy atom. The number of fused-ring (bicyclic) bond motifs is 2. The zero-order valence-electron chi connectivity index (χ0n) is 15.0. The van der Waals surface area contributed by atoms with E-state index in [0.29, 0.717) is 10.6 Å². The van der Waals surface area contributed by atoms with Crippen molar-refractivity contribution >= 4 is 27.5 Å². The highest BCUT2D eigenvalue weighted by Crippen LogP contribution is 2.34. The van der Waals surface area contributed by atoms with Crippen LogP contribution in [0.2, 0.25) is 0 Å². The number of benzene rings is 2. The Morgan fingerprint density at radius 2 is 1.81 bits per heavy atom. The van der Waals surface area contributed by atoms with Crippen molar-refractivity contribution in [2.45, 2.75) is 19.9 Å². The van der Waals surface area contributed by atoms with Crippen LogP contribution in [-0.2, 0) is 13.0 Å². The Balaban J connectivity index is 1.62. The fourth-order valence-corrected chi connectivity index (χ4v) is 4.71. The van der Waals surface area contributed by atoms with Gasteiger partial charge in [-0.25, -0.2) is 4.98 Å². The normalized spacial score (nSPS) is 13.7. The van der Waals surface area contributed by atoms with E-state index in [4.69, 9.17) is 4.98 Å². The molecule has 1 aliphatic heterocycles.